The molecule has 0 fully saturated rings. The van der Waals surface area contributed by atoms with Crippen molar-refractivity contribution in [3.8, 4) is 6.07 Å². The number of sulfonamides is 1. The van der Waals surface area contributed by atoms with Crippen molar-refractivity contribution in [2.24, 2.45) is 0 Å². The lowest BCUT2D eigenvalue weighted by molar-refractivity contribution is 0.587. The van der Waals surface area contributed by atoms with Crippen LogP contribution in [0.1, 0.15) is 0 Å². The van der Waals surface area contributed by atoms with E-state index in [9.17, 15) is 8.42 Å². The highest BCUT2D eigenvalue weighted by atomic mass is 32.2. The van der Waals surface area contributed by atoms with Gasteiger partial charge < -0.3 is 0 Å². The first-order valence-corrected chi connectivity index (χ1v) is 6.33. The van der Waals surface area contributed by atoms with Gasteiger partial charge in [0.2, 0.25) is 10.0 Å². The third kappa shape index (κ3) is 2.25. The van der Waals surface area contributed by atoms with Crippen LogP contribution in [0.4, 0.5) is 0 Å². The van der Waals surface area contributed by atoms with Crippen molar-refractivity contribution < 1.29 is 8.42 Å². The van der Waals surface area contributed by atoms with Crippen LogP contribution in [0.3, 0.4) is 0 Å². The number of nitrogens with zero attached hydrogens (tertiary/aromatic N) is 2. The molecule has 0 aliphatic rings. The molecule has 0 spiro atoms. The minimum absolute atomic E-state index is 0.160. The Labute approximate surface area is 98.8 Å². The first-order valence-electron chi connectivity index (χ1n) is 4.84. The molecule has 17 heavy (non-hydrogen) atoms. The van der Waals surface area contributed by atoms with Gasteiger partial charge in [-0.05, 0) is 12.1 Å². The molecule has 86 valence electrons. The summed E-state index contributed by atoms with van der Waals surface area (Å²) in [5, 5.41) is 9.74. The van der Waals surface area contributed by atoms with E-state index >= 15 is 0 Å². The highest BCUT2D eigenvalue weighted by Crippen LogP contribution is 2.21. The van der Waals surface area contributed by atoms with Gasteiger partial charge in [0, 0.05) is 23.2 Å². The molecule has 0 atom stereocenters. The number of hydrogen-bond donors (Lipinski definition) is 1. The maximum atomic E-state index is 11.9. The largest absolute Gasteiger partial charge is 0.264 e. The van der Waals surface area contributed by atoms with Crippen LogP contribution in [-0.4, -0.2) is 19.9 Å². The summed E-state index contributed by atoms with van der Waals surface area (Å²) in [5.41, 5.74) is 0. The summed E-state index contributed by atoms with van der Waals surface area (Å²) in [4.78, 5) is 4.09. The van der Waals surface area contributed by atoms with Crippen molar-refractivity contribution in [2.75, 3.05) is 6.54 Å². The van der Waals surface area contributed by atoms with Crippen molar-refractivity contribution in [2.45, 2.75) is 4.90 Å². The number of fused-ring (bicyclic) bond motifs is 1. The van der Waals surface area contributed by atoms with Crippen LogP contribution >= 0.6 is 0 Å². The van der Waals surface area contributed by atoms with E-state index in [0.717, 1.165) is 5.39 Å². The fourth-order valence-corrected chi connectivity index (χ4v) is 2.68. The molecule has 5 nitrogen and oxygen atoms in total. The topological polar surface area (TPSA) is 82.9 Å². The summed E-state index contributed by atoms with van der Waals surface area (Å²) in [7, 11) is -3.65. The lowest BCUT2D eigenvalue weighted by atomic mass is 10.2. The van der Waals surface area contributed by atoms with Crippen molar-refractivity contribution in [3.63, 3.8) is 0 Å². The van der Waals surface area contributed by atoms with Crippen LogP contribution in [0, 0.1) is 11.3 Å². The van der Waals surface area contributed by atoms with Crippen LogP contribution in [0.25, 0.3) is 10.8 Å². The average Bonchev–Trinajstić information content (AvgIpc) is 2.36. The molecule has 0 saturated carbocycles. The van der Waals surface area contributed by atoms with Gasteiger partial charge in [-0.2, -0.15) is 9.98 Å². The zero-order chi connectivity index (χ0) is 12.3. The molecule has 1 N–H and O–H groups in total. The molecule has 0 radical (unpaired) electrons. The number of nitriles is 1. The van der Waals surface area contributed by atoms with Gasteiger partial charge in [0.05, 0.1) is 17.5 Å². The molecule has 0 aliphatic carbocycles. The maximum absolute atomic E-state index is 11.9. The van der Waals surface area contributed by atoms with Gasteiger partial charge in [0.1, 0.15) is 0 Å². The summed E-state index contributed by atoms with van der Waals surface area (Å²) in [6.07, 6.45) is 3.13. The van der Waals surface area contributed by atoms with E-state index in [1.807, 2.05) is 0 Å². The molecule has 0 amide bonds. The Morgan fingerprint density at radius 3 is 2.94 bits per heavy atom. The number of pyridine rings is 1. The fourth-order valence-electron chi connectivity index (χ4n) is 1.53. The zero-order valence-corrected chi connectivity index (χ0v) is 9.61. The SMILES string of the molecule is N#CCNS(=O)(=O)c1cccc2cnccc12. The Bertz CT molecular complexity index is 684. The quantitative estimate of drug-likeness (QED) is 0.821. The van der Waals surface area contributed by atoms with Gasteiger partial charge in [-0.1, -0.05) is 12.1 Å². The molecule has 0 aliphatic heterocycles. The molecular formula is C11H9N3O2S. The minimum Gasteiger partial charge on any atom is -0.264 e. The Balaban J connectivity index is 2.60. The molecule has 0 saturated heterocycles. The molecule has 6 heteroatoms. The monoisotopic (exact) mass is 247 g/mol. The van der Waals surface area contributed by atoms with E-state index in [4.69, 9.17) is 5.26 Å². The molecule has 0 unspecified atom stereocenters. The predicted octanol–water partition coefficient (Wildman–Crippen LogP) is 1.04. The van der Waals surface area contributed by atoms with Crippen LogP contribution < -0.4 is 4.72 Å². The van der Waals surface area contributed by atoms with E-state index in [-0.39, 0.29) is 11.4 Å². The molecule has 2 rings (SSSR count). The van der Waals surface area contributed by atoms with E-state index < -0.39 is 10.0 Å². The third-order valence-electron chi connectivity index (χ3n) is 2.27. The summed E-state index contributed by atoms with van der Waals surface area (Å²) in [5.74, 6) is 0. The first-order chi connectivity index (χ1) is 8.15. The van der Waals surface area contributed by atoms with Gasteiger partial charge >= 0.3 is 0 Å². The molecule has 1 aromatic carbocycles. The second-order valence-corrected chi connectivity index (χ2v) is 5.07. The van der Waals surface area contributed by atoms with Gasteiger partial charge in [0.25, 0.3) is 0 Å². The Morgan fingerprint density at radius 2 is 2.18 bits per heavy atom. The van der Waals surface area contributed by atoms with Crippen LogP contribution in [0.5, 0.6) is 0 Å². The van der Waals surface area contributed by atoms with E-state index in [2.05, 4.69) is 9.71 Å². The summed E-state index contributed by atoms with van der Waals surface area (Å²) in [6.45, 7) is -0.246. The number of hydrogen-bond acceptors (Lipinski definition) is 4. The highest BCUT2D eigenvalue weighted by Gasteiger charge is 2.16. The van der Waals surface area contributed by atoms with Gasteiger partial charge in [-0.15, -0.1) is 0 Å². The first kappa shape index (κ1) is 11.5. The van der Waals surface area contributed by atoms with E-state index in [1.165, 1.54) is 12.3 Å². The summed E-state index contributed by atoms with van der Waals surface area (Å²) in [6, 6.07) is 8.30. The van der Waals surface area contributed by atoms with Gasteiger partial charge in [-0.25, -0.2) is 8.42 Å². The third-order valence-corrected chi connectivity index (χ3v) is 3.73. The molecule has 1 aromatic heterocycles. The van der Waals surface area contributed by atoms with E-state index in [0.29, 0.717) is 5.39 Å². The zero-order valence-electron chi connectivity index (χ0n) is 8.79. The highest BCUT2D eigenvalue weighted by molar-refractivity contribution is 7.89. The summed E-state index contributed by atoms with van der Waals surface area (Å²) >= 11 is 0. The molecule has 2 aromatic rings. The molecule has 1 heterocycles. The van der Waals surface area contributed by atoms with Gasteiger partial charge in [0.15, 0.2) is 0 Å². The number of rotatable bonds is 3. The maximum Gasteiger partial charge on any atom is 0.242 e. The lowest BCUT2D eigenvalue weighted by Crippen LogP contribution is -2.24. The van der Waals surface area contributed by atoms with Crippen LogP contribution in [-0.2, 0) is 10.0 Å². The van der Waals surface area contributed by atoms with E-state index in [1.54, 1.807) is 30.5 Å². The van der Waals surface area contributed by atoms with Crippen LogP contribution in [0.2, 0.25) is 0 Å². The van der Waals surface area contributed by atoms with Crippen molar-refractivity contribution in [3.05, 3.63) is 36.7 Å². The van der Waals surface area contributed by atoms with Gasteiger partial charge in [-0.3, -0.25) is 4.98 Å². The number of aromatic nitrogens is 1. The Hall–Kier alpha value is -1.97. The lowest BCUT2D eigenvalue weighted by Gasteiger charge is -2.06. The molecular weight excluding hydrogens is 238 g/mol. The van der Waals surface area contributed by atoms with Crippen LogP contribution in [0.15, 0.2) is 41.6 Å². The normalized spacial score (nSPS) is 11.2. The standard InChI is InChI=1S/C11H9N3O2S/c12-5-7-14-17(15,16)11-3-1-2-9-8-13-6-4-10(9)11/h1-4,6,8,14H,7H2. The van der Waals surface area contributed by atoms with Crippen molar-refractivity contribution >= 4 is 20.8 Å². The summed E-state index contributed by atoms with van der Waals surface area (Å²) < 4.78 is 26.1. The number of nitrogens with one attached hydrogen (secondary N) is 1. The fraction of sp³-hybridized carbons (Fsp3) is 0.0909. The Morgan fingerprint density at radius 1 is 1.35 bits per heavy atom. The predicted molar refractivity (Wildman–Crippen MR) is 62.5 cm³/mol. The second kappa shape index (κ2) is 4.49. The smallest absolute Gasteiger partial charge is 0.242 e. The second-order valence-electron chi connectivity index (χ2n) is 3.34. The average molecular weight is 247 g/mol. The minimum atomic E-state index is -3.65. The molecule has 0 bridgehead atoms. The van der Waals surface area contributed by atoms with Crippen molar-refractivity contribution in [1.82, 2.24) is 9.71 Å². The van der Waals surface area contributed by atoms with Crippen molar-refractivity contribution in [1.29, 1.82) is 5.26 Å². The Kier molecular flexibility index (Phi) is 3.04. The number of benzene rings is 1.